The van der Waals surface area contributed by atoms with Crippen LogP contribution in [0.2, 0.25) is 0 Å². The number of likely N-dealkylation sites (tertiary alicyclic amines) is 1. The predicted molar refractivity (Wildman–Crippen MR) is 91.1 cm³/mol. The van der Waals surface area contributed by atoms with Crippen LogP contribution in [0.4, 0.5) is 13.2 Å². The van der Waals surface area contributed by atoms with E-state index in [0.29, 0.717) is 16.9 Å². The van der Waals surface area contributed by atoms with Crippen LogP contribution >= 0.6 is 12.4 Å². The van der Waals surface area contributed by atoms with E-state index in [-0.39, 0.29) is 12.4 Å². The predicted octanol–water partition coefficient (Wildman–Crippen LogP) is 3.24. The number of ether oxygens (including phenoxy) is 1. The lowest BCUT2D eigenvalue weighted by Gasteiger charge is -2.18. The van der Waals surface area contributed by atoms with Gasteiger partial charge in [0.1, 0.15) is 5.75 Å². The lowest BCUT2D eigenvalue weighted by molar-refractivity contribution is -0.188. The Kier molecular flexibility index (Phi) is 7.08. The molecule has 1 aromatic carbocycles. The zero-order valence-electron chi connectivity index (χ0n) is 14.1. The largest absolute Gasteiger partial charge is 0.496 e. The second-order valence-corrected chi connectivity index (χ2v) is 5.86. The van der Waals surface area contributed by atoms with Gasteiger partial charge in [-0.2, -0.15) is 13.2 Å². The van der Waals surface area contributed by atoms with Crippen LogP contribution in [-0.4, -0.2) is 48.3 Å². The Labute approximate surface area is 154 Å². The third-order valence-electron chi connectivity index (χ3n) is 4.24. The van der Waals surface area contributed by atoms with Gasteiger partial charge in [0.15, 0.2) is 0 Å². The first-order valence-electron chi connectivity index (χ1n) is 7.55. The number of hydrogen-bond acceptors (Lipinski definition) is 3. The topological polar surface area (TPSA) is 66.8 Å². The molecule has 0 aliphatic carbocycles. The van der Waals surface area contributed by atoms with Crippen LogP contribution in [0.3, 0.4) is 0 Å². The number of halogens is 4. The fourth-order valence-corrected chi connectivity index (χ4v) is 2.89. The van der Waals surface area contributed by atoms with E-state index in [1.807, 2.05) is 0 Å². The maximum absolute atomic E-state index is 13.0. The van der Waals surface area contributed by atoms with Gasteiger partial charge in [0, 0.05) is 24.7 Å². The van der Waals surface area contributed by atoms with E-state index >= 15 is 0 Å². The second kappa shape index (κ2) is 8.44. The summed E-state index contributed by atoms with van der Waals surface area (Å²) in [5, 5.41) is 9.00. The van der Waals surface area contributed by atoms with Crippen molar-refractivity contribution < 1.29 is 32.6 Å². The summed E-state index contributed by atoms with van der Waals surface area (Å²) >= 11 is 0. The summed E-state index contributed by atoms with van der Waals surface area (Å²) in [6.07, 6.45) is -3.46. The first kappa shape index (κ1) is 21.8. The number of methoxy groups -OCH3 is 1. The molecule has 2 rings (SSSR count). The smallest absolute Gasteiger partial charge is 0.394 e. The number of nitrogens with zero attached hydrogens (tertiary/aromatic N) is 1. The van der Waals surface area contributed by atoms with Crippen LogP contribution in [0.5, 0.6) is 5.75 Å². The van der Waals surface area contributed by atoms with Gasteiger partial charge in [-0.1, -0.05) is 18.2 Å². The number of para-hydroxylation sites is 1. The number of carboxylic acid groups (broad SMARTS) is 1. The highest BCUT2D eigenvalue weighted by molar-refractivity contribution is 5.96. The van der Waals surface area contributed by atoms with Gasteiger partial charge in [-0.3, -0.25) is 9.59 Å². The van der Waals surface area contributed by atoms with Gasteiger partial charge in [0.25, 0.3) is 0 Å². The van der Waals surface area contributed by atoms with Crippen molar-refractivity contribution in [1.29, 1.82) is 0 Å². The van der Waals surface area contributed by atoms with Crippen LogP contribution in [0.25, 0.3) is 5.57 Å². The Bertz CT molecular complexity index is 705. The molecule has 1 fully saturated rings. The Balaban J connectivity index is 0.00000338. The molecule has 1 N–H and O–H groups in total. The zero-order valence-corrected chi connectivity index (χ0v) is 14.9. The Morgan fingerprint density at radius 3 is 2.38 bits per heavy atom. The number of hydrogen-bond donors (Lipinski definition) is 1. The Morgan fingerprint density at radius 2 is 1.88 bits per heavy atom. The molecule has 26 heavy (non-hydrogen) atoms. The van der Waals surface area contributed by atoms with Crippen molar-refractivity contribution >= 4 is 29.9 Å². The van der Waals surface area contributed by atoms with Crippen molar-refractivity contribution in [3.63, 3.8) is 0 Å². The quantitative estimate of drug-likeness (QED) is 0.797. The van der Waals surface area contributed by atoms with Crippen LogP contribution in [0.1, 0.15) is 12.5 Å². The molecule has 5 nitrogen and oxygen atoms in total. The number of aliphatic carboxylic acids is 1. The molecule has 0 radical (unpaired) electrons. The van der Waals surface area contributed by atoms with E-state index in [4.69, 9.17) is 9.84 Å². The molecule has 2 atom stereocenters. The van der Waals surface area contributed by atoms with Crippen molar-refractivity contribution in [2.24, 2.45) is 11.8 Å². The molecule has 1 aliphatic rings. The number of carbonyl (C=O) groups is 2. The van der Waals surface area contributed by atoms with E-state index in [0.717, 1.165) is 4.90 Å². The summed E-state index contributed by atoms with van der Waals surface area (Å²) in [6, 6.07) is 6.92. The number of allylic oxidation sites excluding steroid dienone is 1. The molecule has 1 saturated heterocycles. The second-order valence-electron chi connectivity index (χ2n) is 5.86. The molecular formula is C17H19ClF3NO4. The number of alkyl halides is 3. The minimum atomic E-state index is -4.67. The van der Waals surface area contributed by atoms with Crippen LogP contribution in [0.15, 0.2) is 30.3 Å². The van der Waals surface area contributed by atoms with Gasteiger partial charge < -0.3 is 14.7 Å². The van der Waals surface area contributed by atoms with Gasteiger partial charge >= 0.3 is 12.1 Å². The molecule has 0 aromatic heterocycles. The van der Waals surface area contributed by atoms with Crippen molar-refractivity contribution in [3.05, 3.63) is 35.9 Å². The first-order chi connectivity index (χ1) is 11.6. The molecule has 1 heterocycles. The molecule has 0 spiro atoms. The molecule has 0 unspecified atom stereocenters. The summed E-state index contributed by atoms with van der Waals surface area (Å²) < 4.78 is 44.2. The fourth-order valence-electron chi connectivity index (χ4n) is 2.89. The highest BCUT2D eigenvalue weighted by atomic mass is 35.5. The SMILES string of the molecule is COc1ccccc1/C(C)=C/C(=O)N1C[C@@H](C(F)(F)F)[C@H](C(=O)O)C1.Cl. The van der Waals surface area contributed by atoms with E-state index in [2.05, 4.69) is 0 Å². The standard InChI is InChI=1S/C17H18F3NO4.ClH/c1-10(11-5-3-4-6-14(11)25-2)7-15(22)21-8-12(16(23)24)13(9-21)17(18,19)20;/h3-7,12-13H,8-9H2,1-2H3,(H,23,24);1H/b10-7+;/t12-,13-;/m1./s1. The average molecular weight is 394 g/mol. The monoisotopic (exact) mass is 393 g/mol. The molecule has 1 aromatic rings. The highest BCUT2D eigenvalue weighted by Crippen LogP contribution is 2.38. The normalized spacial score (nSPS) is 20.5. The van der Waals surface area contributed by atoms with Crippen LogP contribution in [-0.2, 0) is 9.59 Å². The van der Waals surface area contributed by atoms with E-state index in [1.54, 1.807) is 31.2 Å². The van der Waals surface area contributed by atoms with Crippen molar-refractivity contribution in [1.82, 2.24) is 4.90 Å². The summed E-state index contributed by atoms with van der Waals surface area (Å²) in [5.41, 5.74) is 1.16. The minimum Gasteiger partial charge on any atom is -0.496 e. The van der Waals surface area contributed by atoms with E-state index < -0.39 is 43.0 Å². The first-order valence-corrected chi connectivity index (χ1v) is 7.55. The molecule has 1 aliphatic heterocycles. The van der Waals surface area contributed by atoms with Crippen molar-refractivity contribution in [2.75, 3.05) is 20.2 Å². The van der Waals surface area contributed by atoms with Gasteiger partial charge in [0.2, 0.25) is 5.91 Å². The molecule has 144 valence electrons. The van der Waals surface area contributed by atoms with E-state index in [1.165, 1.54) is 13.2 Å². The summed E-state index contributed by atoms with van der Waals surface area (Å²) in [5.74, 6) is -5.38. The number of amides is 1. The average Bonchev–Trinajstić information content (AvgIpc) is 3.00. The van der Waals surface area contributed by atoms with Crippen LogP contribution < -0.4 is 4.74 Å². The molecule has 1 amide bonds. The summed E-state index contributed by atoms with van der Waals surface area (Å²) in [6.45, 7) is 0.519. The number of carbonyl (C=O) groups excluding carboxylic acids is 1. The molecule has 0 bridgehead atoms. The number of carboxylic acids is 1. The molecule has 9 heteroatoms. The summed E-state index contributed by atoms with van der Waals surface area (Å²) in [7, 11) is 1.47. The number of benzene rings is 1. The van der Waals surface area contributed by atoms with Gasteiger partial charge in [-0.25, -0.2) is 0 Å². The highest BCUT2D eigenvalue weighted by Gasteiger charge is 2.53. The molecular weight excluding hydrogens is 375 g/mol. The minimum absolute atomic E-state index is 0. The Hall–Kier alpha value is -2.22. The lowest BCUT2D eigenvalue weighted by atomic mass is 9.96. The zero-order chi connectivity index (χ0) is 18.8. The maximum Gasteiger partial charge on any atom is 0.394 e. The van der Waals surface area contributed by atoms with Crippen LogP contribution in [0, 0.1) is 11.8 Å². The molecule has 0 saturated carbocycles. The van der Waals surface area contributed by atoms with E-state index in [9.17, 15) is 22.8 Å². The van der Waals surface area contributed by atoms with Gasteiger partial charge in [-0.05, 0) is 18.6 Å². The third-order valence-corrected chi connectivity index (χ3v) is 4.24. The van der Waals surface area contributed by atoms with Gasteiger partial charge in [0.05, 0.1) is 18.9 Å². The summed E-state index contributed by atoms with van der Waals surface area (Å²) in [4.78, 5) is 24.3. The third kappa shape index (κ3) is 4.69. The van der Waals surface area contributed by atoms with Crippen molar-refractivity contribution in [3.8, 4) is 5.75 Å². The maximum atomic E-state index is 13.0. The Morgan fingerprint density at radius 1 is 1.27 bits per heavy atom. The van der Waals surface area contributed by atoms with Crippen molar-refractivity contribution in [2.45, 2.75) is 13.1 Å². The number of rotatable bonds is 4. The lowest BCUT2D eigenvalue weighted by Crippen LogP contribution is -2.33. The van der Waals surface area contributed by atoms with Gasteiger partial charge in [-0.15, -0.1) is 12.4 Å². The fraction of sp³-hybridized carbons (Fsp3) is 0.412.